The van der Waals surface area contributed by atoms with Crippen LogP contribution in [0.4, 0.5) is 0 Å². The van der Waals surface area contributed by atoms with Gasteiger partial charge < -0.3 is 11.1 Å². The predicted octanol–water partition coefficient (Wildman–Crippen LogP) is 2.22. The van der Waals surface area contributed by atoms with Gasteiger partial charge in [0.1, 0.15) is 0 Å². The Labute approximate surface area is 119 Å². The number of amides is 1. The number of hydrogen-bond acceptors (Lipinski definition) is 2. The zero-order chi connectivity index (χ0) is 14.4. The molecule has 0 aliphatic rings. The number of hydrogen-bond donors (Lipinski definition) is 2. The molecule has 3 heteroatoms. The summed E-state index contributed by atoms with van der Waals surface area (Å²) in [5.74, 6) is -0.0204. The highest BCUT2D eigenvalue weighted by Crippen LogP contribution is 2.19. The van der Waals surface area contributed by atoms with Crippen molar-refractivity contribution in [2.45, 2.75) is 18.9 Å². The van der Waals surface area contributed by atoms with Gasteiger partial charge in [-0.15, -0.1) is 0 Å². The maximum absolute atomic E-state index is 12.2. The Balaban J connectivity index is 2.08. The number of carbonyl (C=O) groups is 1. The van der Waals surface area contributed by atoms with E-state index in [1.54, 1.807) is 0 Å². The second-order valence-electron chi connectivity index (χ2n) is 5.11. The first-order chi connectivity index (χ1) is 9.64. The van der Waals surface area contributed by atoms with Gasteiger partial charge in [-0.25, -0.2) is 0 Å². The highest BCUT2D eigenvalue weighted by Gasteiger charge is 2.26. The maximum atomic E-state index is 12.2. The summed E-state index contributed by atoms with van der Waals surface area (Å²) in [6.45, 7) is 2.31. The summed E-state index contributed by atoms with van der Waals surface area (Å²) in [5, 5.41) is 3.04. The van der Waals surface area contributed by atoms with Crippen LogP contribution < -0.4 is 11.1 Å². The molecular formula is C17H20N2O. The summed E-state index contributed by atoms with van der Waals surface area (Å²) in [4.78, 5) is 12.2. The van der Waals surface area contributed by atoms with Crippen LogP contribution in [0.5, 0.6) is 0 Å². The molecule has 1 atom stereocenters. The minimum Gasteiger partial charge on any atom is -0.345 e. The van der Waals surface area contributed by atoms with Crippen LogP contribution in [0.2, 0.25) is 0 Å². The van der Waals surface area contributed by atoms with Gasteiger partial charge >= 0.3 is 0 Å². The van der Waals surface area contributed by atoms with Gasteiger partial charge in [-0.3, -0.25) is 4.79 Å². The van der Waals surface area contributed by atoms with E-state index in [0.29, 0.717) is 13.0 Å². The van der Waals surface area contributed by atoms with Crippen molar-refractivity contribution in [1.29, 1.82) is 0 Å². The fraction of sp³-hybridized carbons (Fsp3) is 0.235. The Kier molecular flexibility index (Phi) is 4.53. The average Bonchev–Trinajstić information content (AvgIpc) is 2.49. The zero-order valence-electron chi connectivity index (χ0n) is 11.7. The molecule has 104 valence electrons. The van der Waals surface area contributed by atoms with Crippen LogP contribution in [0.15, 0.2) is 60.7 Å². The lowest BCUT2D eigenvalue weighted by Gasteiger charge is -2.30. The first-order valence-corrected chi connectivity index (χ1v) is 6.74. The van der Waals surface area contributed by atoms with E-state index in [1.807, 2.05) is 67.6 Å². The number of carbonyl (C=O) groups excluding carboxylic acids is 1. The van der Waals surface area contributed by atoms with Crippen molar-refractivity contribution in [2.75, 3.05) is 6.54 Å². The highest BCUT2D eigenvalue weighted by atomic mass is 16.1. The molecule has 2 rings (SSSR count). The van der Waals surface area contributed by atoms with Gasteiger partial charge in [0.2, 0.25) is 5.91 Å². The van der Waals surface area contributed by atoms with Crippen LogP contribution >= 0.6 is 0 Å². The molecule has 0 aliphatic heterocycles. The van der Waals surface area contributed by atoms with E-state index in [9.17, 15) is 4.79 Å². The first-order valence-electron chi connectivity index (χ1n) is 6.74. The second kappa shape index (κ2) is 6.35. The molecule has 0 spiro atoms. The molecule has 1 amide bonds. The highest BCUT2D eigenvalue weighted by molar-refractivity contribution is 5.79. The summed E-state index contributed by atoms with van der Waals surface area (Å²) in [5.41, 5.74) is 7.35. The van der Waals surface area contributed by atoms with E-state index >= 15 is 0 Å². The third kappa shape index (κ3) is 3.45. The fourth-order valence-electron chi connectivity index (χ4n) is 2.18. The van der Waals surface area contributed by atoms with Crippen LogP contribution in [0.25, 0.3) is 0 Å². The molecule has 0 saturated carbocycles. The Hall–Kier alpha value is -2.13. The first kappa shape index (κ1) is 14.3. The van der Waals surface area contributed by atoms with Gasteiger partial charge in [0.15, 0.2) is 0 Å². The van der Waals surface area contributed by atoms with Crippen molar-refractivity contribution in [3.05, 3.63) is 71.8 Å². The minimum atomic E-state index is -0.535. The Morgan fingerprint density at radius 3 is 2.15 bits per heavy atom. The Bertz CT molecular complexity index is 554. The summed E-state index contributed by atoms with van der Waals surface area (Å²) in [6, 6.07) is 19.5. The lowest BCUT2D eigenvalue weighted by Crippen LogP contribution is -2.49. The van der Waals surface area contributed by atoms with E-state index in [4.69, 9.17) is 5.73 Å². The molecule has 0 aliphatic carbocycles. The molecule has 3 nitrogen and oxygen atoms in total. The minimum absolute atomic E-state index is 0.0204. The fourth-order valence-corrected chi connectivity index (χ4v) is 2.18. The molecule has 0 fully saturated rings. The van der Waals surface area contributed by atoms with E-state index in [-0.39, 0.29) is 5.91 Å². The van der Waals surface area contributed by atoms with Gasteiger partial charge in [0, 0.05) is 6.54 Å². The Morgan fingerprint density at radius 1 is 1.05 bits per heavy atom. The molecule has 1 unspecified atom stereocenters. The SMILES string of the molecule is CC(CN)(NC(=O)Cc1ccccc1)c1ccccc1. The van der Waals surface area contributed by atoms with Crippen LogP contribution in [0.3, 0.4) is 0 Å². The van der Waals surface area contributed by atoms with E-state index in [2.05, 4.69) is 5.32 Å². The number of nitrogens with two attached hydrogens (primary N) is 1. The van der Waals surface area contributed by atoms with Crippen LogP contribution in [0, 0.1) is 0 Å². The van der Waals surface area contributed by atoms with Crippen molar-refractivity contribution in [2.24, 2.45) is 5.73 Å². The molecule has 0 radical (unpaired) electrons. The number of rotatable bonds is 5. The molecule has 0 heterocycles. The van der Waals surface area contributed by atoms with Crippen LogP contribution in [-0.2, 0) is 16.8 Å². The normalized spacial score (nSPS) is 13.5. The van der Waals surface area contributed by atoms with E-state index < -0.39 is 5.54 Å². The molecule has 0 saturated heterocycles. The molecule has 0 aromatic heterocycles. The van der Waals surface area contributed by atoms with Gasteiger partial charge in [-0.1, -0.05) is 60.7 Å². The zero-order valence-corrected chi connectivity index (χ0v) is 11.7. The summed E-state index contributed by atoms with van der Waals surface area (Å²) in [7, 11) is 0. The largest absolute Gasteiger partial charge is 0.345 e. The third-order valence-electron chi connectivity index (χ3n) is 3.44. The van der Waals surface area contributed by atoms with Gasteiger partial charge in [-0.2, -0.15) is 0 Å². The quantitative estimate of drug-likeness (QED) is 0.873. The molecular weight excluding hydrogens is 248 g/mol. The van der Waals surface area contributed by atoms with Crippen molar-refractivity contribution >= 4 is 5.91 Å². The standard InChI is InChI=1S/C17H20N2O/c1-17(13-18,15-10-6-3-7-11-15)19-16(20)12-14-8-4-2-5-9-14/h2-11H,12-13,18H2,1H3,(H,19,20). The third-order valence-corrected chi connectivity index (χ3v) is 3.44. The average molecular weight is 268 g/mol. The molecule has 2 aromatic carbocycles. The van der Waals surface area contributed by atoms with Crippen molar-refractivity contribution in [3.63, 3.8) is 0 Å². The molecule has 2 aromatic rings. The van der Waals surface area contributed by atoms with Crippen LogP contribution in [0.1, 0.15) is 18.1 Å². The summed E-state index contributed by atoms with van der Waals surface area (Å²) >= 11 is 0. The second-order valence-corrected chi connectivity index (χ2v) is 5.11. The smallest absolute Gasteiger partial charge is 0.225 e. The van der Waals surface area contributed by atoms with Gasteiger partial charge in [-0.05, 0) is 18.1 Å². The van der Waals surface area contributed by atoms with Crippen molar-refractivity contribution < 1.29 is 4.79 Å². The molecule has 3 N–H and O–H groups in total. The number of benzene rings is 2. The molecule has 0 bridgehead atoms. The van der Waals surface area contributed by atoms with Crippen molar-refractivity contribution in [3.8, 4) is 0 Å². The summed E-state index contributed by atoms with van der Waals surface area (Å²) < 4.78 is 0. The monoisotopic (exact) mass is 268 g/mol. The van der Waals surface area contributed by atoms with E-state index in [0.717, 1.165) is 11.1 Å². The molecule has 20 heavy (non-hydrogen) atoms. The van der Waals surface area contributed by atoms with Crippen LogP contribution in [-0.4, -0.2) is 12.5 Å². The van der Waals surface area contributed by atoms with Crippen molar-refractivity contribution in [1.82, 2.24) is 5.32 Å². The Morgan fingerprint density at radius 2 is 1.60 bits per heavy atom. The number of nitrogens with one attached hydrogen (secondary N) is 1. The lowest BCUT2D eigenvalue weighted by atomic mass is 9.91. The van der Waals surface area contributed by atoms with E-state index in [1.165, 1.54) is 0 Å². The van der Waals surface area contributed by atoms with Gasteiger partial charge in [0.05, 0.1) is 12.0 Å². The lowest BCUT2D eigenvalue weighted by molar-refractivity contribution is -0.122. The predicted molar refractivity (Wildman–Crippen MR) is 81.1 cm³/mol. The summed E-state index contributed by atoms with van der Waals surface area (Å²) in [6.07, 6.45) is 0.364. The maximum Gasteiger partial charge on any atom is 0.225 e. The topological polar surface area (TPSA) is 55.1 Å². The van der Waals surface area contributed by atoms with Gasteiger partial charge in [0.25, 0.3) is 0 Å².